The molecule has 3 rings (SSSR count). The number of ether oxygens (including phenoxy) is 1. The molecule has 0 aliphatic rings. The van der Waals surface area contributed by atoms with Crippen LogP contribution in [0.15, 0.2) is 42.6 Å². The molecule has 106 valence electrons. The minimum atomic E-state index is -0.242. The van der Waals surface area contributed by atoms with Gasteiger partial charge in [-0.2, -0.15) is 0 Å². The average Bonchev–Trinajstić information content (AvgIpc) is 2.86. The van der Waals surface area contributed by atoms with Crippen LogP contribution in [-0.2, 0) is 0 Å². The number of aromatic nitrogens is 1. The molecule has 4 nitrogen and oxygen atoms in total. The third-order valence-electron chi connectivity index (χ3n) is 2.94. The van der Waals surface area contributed by atoms with Crippen LogP contribution in [0.5, 0.6) is 5.88 Å². The lowest BCUT2D eigenvalue weighted by molar-refractivity contribution is 0.103. The minimum absolute atomic E-state index is 0.242. The highest BCUT2D eigenvalue weighted by atomic mass is 35.5. The molecular weight excluding hydrogens is 308 g/mol. The van der Waals surface area contributed by atoms with E-state index in [9.17, 15) is 4.79 Å². The van der Waals surface area contributed by atoms with Gasteiger partial charge in [0.05, 0.1) is 24.0 Å². The van der Waals surface area contributed by atoms with Crippen LogP contribution in [-0.4, -0.2) is 18.0 Å². The fraction of sp³-hybridized carbons (Fsp3) is 0.0667. The van der Waals surface area contributed by atoms with E-state index in [0.717, 1.165) is 10.1 Å². The molecule has 21 heavy (non-hydrogen) atoms. The van der Waals surface area contributed by atoms with Crippen molar-refractivity contribution in [3.63, 3.8) is 0 Å². The van der Waals surface area contributed by atoms with E-state index in [4.69, 9.17) is 16.3 Å². The van der Waals surface area contributed by atoms with Crippen molar-refractivity contribution < 1.29 is 9.53 Å². The molecule has 0 radical (unpaired) electrons. The number of rotatable bonds is 3. The van der Waals surface area contributed by atoms with Crippen molar-refractivity contribution in [3.8, 4) is 5.88 Å². The van der Waals surface area contributed by atoms with Gasteiger partial charge in [0.2, 0.25) is 5.88 Å². The number of pyridine rings is 1. The lowest BCUT2D eigenvalue weighted by atomic mass is 10.2. The maximum absolute atomic E-state index is 12.3. The number of nitrogens with one attached hydrogen (secondary N) is 1. The Labute approximate surface area is 130 Å². The van der Waals surface area contributed by atoms with Gasteiger partial charge in [-0.25, -0.2) is 4.98 Å². The van der Waals surface area contributed by atoms with E-state index in [1.54, 1.807) is 12.1 Å². The largest absolute Gasteiger partial charge is 0.481 e. The number of thiophene rings is 1. The summed E-state index contributed by atoms with van der Waals surface area (Å²) in [6, 6.07) is 11.1. The van der Waals surface area contributed by atoms with E-state index in [2.05, 4.69) is 10.3 Å². The zero-order valence-corrected chi connectivity index (χ0v) is 12.7. The van der Waals surface area contributed by atoms with Gasteiger partial charge in [-0.1, -0.05) is 29.8 Å². The summed E-state index contributed by atoms with van der Waals surface area (Å²) in [7, 11) is 1.54. The summed E-state index contributed by atoms with van der Waals surface area (Å²) in [5, 5.41) is 4.15. The lowest BCUT2D eigenvalue weighted by Gasteiger charge is -2.04. The lowest BCUT2D eigenvalue weighted by Crippen LogP contribution is -2.10. The molecule has 2 heterocycles. The number of anilines is 1. The molecule has 0 aliphatic carbocycles. The molecule has 1 amide bonds. The van der Waals surface area contributed by atoms with Crippen LogP contribution >= 0.6 is 22.9 Å². The highest BCUT2D eigenvalue weighted by molar-refractivity contribution is 7.21. The smallest absolute Gasteiger partial charge is 0.267 e. The van der Waals surface area contributed by atoms with Crippen molar-refractivity contribution >= 4 is 44.6 Å². The van der Waals surface area contributed by atoms with E-state index < -0.39 is 0 Å². The number of benzene rings is 1. The molecule has 0 saturated carbocycles. The van der Waals surface area contributed by atoms with Crippen LogP contribution < -0.4 is 10.1 Å². The van der Waals surface area contributed by atoms with Crippen LogP contribution in [0, 0.1) is 0 Å². The first-order chi connectivity index (χ1) is 10.2. The van der Waals surface area contributed by atoms with Crippen LogP contribution in [0.3, 0.4) is 0 Å². The maximum atomic E-state index is 12.3. The summed E-state index contributed by atoms with van der Waals surface area (Å²) >= 11 is 7.65. The van der Waals surface area contributed by atoms with Gasteiger partial charge in [0.25, 0.3) is 5.91 Å². The quantitative estimate of drug-likeness (QED) is 0.787. The van der Waals surface area contributed by atoms with Crippen molar-refractivity contribution in [3.05, 3.63) is 52.5 Å². The van der Waals surface area contributed by atoms with Gasteiger partial charge in [0, 0.05) is 16.2 Å². The number of fused-ring (bicyclic) bond motifs is 1. The Morgan fingerprint density at radius 3 is 2.76 bits per heavy atom. The van der Waals surface area contributed by atoms with Gasteiger partial charge >= 0.3 is 0 Å². The molecule has 3 aromatic rings. The van der Waals surface area contributed by atoms with E-state index in [-0.39, 0.29) is 5.91 Å². The second kappa shape index (κ2) is 5.71. The van der Waals surface area contributed by atoms with Crippen molar-refractivity contribution in [1.29, 1.82) is 0 Å². The van der Waals surface area contributed by atoms with Crippen LogP contribution in [0.2, 0.25) is 5.02 Å². The third-order valence-corrected chi connectivity index (χ3v) is 4.62. The molecule has 6 heteroatoms. The molecule has 0 aliphatic heterocycles. The Hall–Kier alpha value is -2.11. The molecule has 0 spiro atoms. The SMILES string of the molecule is COc1ccc(NC(=O)c2sc3ccccc3c2Cl)cn1. The Kier molecular flexibility index (Phi) is 3.77. The summed E-state index contributed by atoms with van der Waals surface area (Å²) in [5.41, 5.74) is 0.592. The third kappa shape index (κ3) is 2.70. The number of amides is 1. The first-order valence-electron chi connectivity index (χ1n) is 6.17. The highest BCUT2D eigenvalue weighted by Crippen LogP contribution is 2.35. The van der Waals surface area contributed by atoms with Crippen LogP contribution in [0.4, 0.5) is 5.69 Å². The van der Waals surface area contributed by atoms with Gasteiger partial charge in [-0.05, 0) is 12.1 Å². The summed E-state index contributed by atoms with van der Waals surface area (Å²) in [5.74, 6) is 0.251. The zero-order chi connectivity index (χ0) is 14.8. The summed E-state index contributed by atoms with van der Waals surface area (Å²) in [4.78, 5) is 16.9. The summed E-state index contributed by atoms with van der Waals surface area (Å²) < 4.78 is 5.96. The van der Waals surface area contributed by atoms with Crippen molar-refractivity contribution in [2.45, 2.75) is 0 Å². The second-order valence-electron chi connectivity index (χ2n) is 4.28. The van der Waals surface area contributed by atoms with Gasteiger partial charge < -0.3 is 10.1 Å². The van der Waals surface area contributed by atoms with Gasteiger partial charge in [-0.3, -0.25) is 4.79 Å². The Balaban J connectivity index is 1.87. The van der Waals surface area contributed by atoms with Crippen LogP contribution in [0.25, 0.3) is 10.1 Å². The first kappa shape index (κ1) is 13.9. The van der Waals surface area contributed by atoms with Crippen molar-refractivity contribution in [2.24, 2.45) is 0 Å². The molecule has 2 aromatic heterocycles. The van der Waals surface area contributed by atoms with Gasteiger partial charge in [0.15, 0.2) is 0 Å². The number of hydrogen-bond acceptors (Lipinski definition) is 4. The molecular formula is C15H11ClN2O2S. The summed E-state index contributed by atoms with van der Waals surface area (Å²) in [6.45, 7) is 0. The number of carbonyl (C=O) groups excluding carboxylic acids is 1. The number of hydrogen-bond donors (Lipinski definition) is 1. The fourth-order valence-corrected chi connectivity index (χ4v) is 3.34. The molecule has 1 N–H and O–H groups in total. The fourth-order valence-electron chi connectivity index (χ4n) is 1.92. The van der Waals surface area contributed by atoms with E-state index in [1.165, 1.54) is 24.6 Å². The Bertz CT molecular complexity index is 799. The molecule has 0 bridgehead atoms. The monoisotopic (exact) mass is 318 g/mol. The van der Waals surface area contributed by atoms with E-state index in [1.807, 2.05) is 24.3 Å². The number of nitrogens with zero attached hydrogens (tertiary/aromatic N) is 1. The number of carbonyl (C=O) groups is 1. The second-order valence-corrected chi connectivity index (χ2v) is 5.71. The molecule has 0 unspecified atom stereocenters. The normalized spacial score (nSPS) is 10.6. The first-order valence-corrected chi connectivity index (χ1v) is 7.37. The zero-order valence-electron chi connectivity index (χ0n) is 11.1. The minimum Gasteiger partial charge on any atom is -0.481 e. The van der Waals surface area contributed by atoms with Gasteiger partial charge in [0.1, 0.15) is 4.88 Å². The predicted octanol–water partition coefficient (Wildman–Crippen LogP) is 4.21. The topological polar surface area (TPSA) is 51.2 Å². The van der Waals surface area contributed by atoms with Crippen molar-refractivity contribution in [1.82, 2.24) is 4.98 Å². The van der Waals surface area contributed by atoms with Crippen molar-refractivity contribution in [2.75, 3.05) is 12.4 Å². The number of halogens is 1. The highest BCUT2D eigenvalue weighted by Gasteiger charge is 2.17. The van der Waals surface area contributed by atoms with Crippen LogP contribution in [0.1, 0.15) is 9.67 Å². The average molecular weight is 319 g/mol. The van der Waals surface area contributed by atoms with E-state index >= 15 is 0 Å². The Morgan fingerprint density at radius 1 is 1.29 bits per heavy atom. The number of methoxy groups -OCH3 is 1. The molecule has 0 saturated heterocycles. The van der Waals surface area contributed by atoms with E-state index in [0.29, 0.717) is 21.5 Å². The maximum Gasteiger partial charge on any atom is 0.267 e. The van der Waals surface area contributed by atoms with Gasteiger partial charge in [-0.15, -0.1) is 11.3 Å². The summed E-state index contributed by atoms with van der Waals surface area (Å²) in [6.07, 6.45) is 1.54. The molecule has 0 atom stereocenters. The standard InChI is InChI=1S/C15H11ClN2O2S/c1-20-12-7-6-9(8-17-12)18-15(19)14-13(16)10-4-2-3-5-11(10)21-14/h2-8H,1H3,(H,18,19). The molecule has 0 fully saturated rings. The molecule has 1 aromatic carbocycles. The predicted molar refractivity (Wildman–Crippen MR) is 85.6 cm³/mol. The Morgan fingerprint density at radius 2 is 2.10 bits per heavy atom.